The van der Waals surface area contributed by atoms with Crippen molar-refractivity contribution in [1.82, 2.24) is 4.98 Å². The molecule has 0 unspecified atom stereocenters. The van der Waals surface area contributed by atoms with Gasteiger partial charge in [0.05, 0.1) is 6.42 Å². The molecule has 13 heavy (non-hydrogen) atoms. The molecule has 0 spiro atoms. The molecule has 1 aromatic heterocycles. The lowest BCUT2D eigenvalue weighted by atomic mass is 10.2. The molecule has 0 amide bonds. The Hall–Kier alpha value is -1.42. The lowest BCUT2D eigenvalue weighted by Gasteiger charge is -1.99. The fourth-order valence-corrected chi connectivity index (χ4v) is 0.959. The number of pyridine rings is 1. The van der Waals surface area contributed by atoms with Gasteiger partial charge in [0.1, 0.15) is 0 Å². The quantitative estimate of drug-likeness (QED) is 0.709. The van der Waals surface area contributed by atoms with Gasteiger partial charge in [-0.2, -0.15) is 0 Å². The van der Waals surface area contributed by atoms with Gasteiger partial charge in [0.25, 0.3) is 0 Å². The van der Waals surface area contributed by atoms with E-state index in [0.29, 0.717) is 13.0 Å². The molecular formula is C9H12N2O2. The van der Waals surface area contributed by atoms with Crippen LogP contribution in [-0.2, 0) is 17.8 Å². The molecule has 0 aliphatic carbocycles. The van der Waals surface area contributed by atoms with E-state index in [1.807, 2.05) is 12.1 Å². The van der Waals surface area contributed by atoms with Crippen molar-refractivity contribution in [1.29, 1.82) is 0 Å². The number of nitrogens with zero attached hydrogens (tertiary/aromatic N) is 1. The number of rotatable bonds is 4. The van der Waals surface area contributed by atoms with Crippen LogP contribution >= 0.6 is 0 Å². The average Bonchev–Trinajstić information content (AvgIpc) is 2.15. The van der Waals surface area contributed by atoms with E-state index in [1.54, 1.807) is 6.20 Å². The van der Waals surface area contributed by atoms with Gasteiger partial charge in [0, 0.05) is 24.9 Å². The number of aryl methyl sites for hydroxylation is 1. The third-order valence-electron chi connectivity index (χ3n) is 1.72. The SMILES string of the molecule is NCc1ccc(CCC(=O)O)nc1. The average molecular weight is 180 g/mol. The van der Waals surface area contributed by atoms with Gasteiger partial charge in [-0.15, -0.1) is 0 Å². The molecule has 1 rings (SSSR count). The topological polar surface area (TPSA) is 76.2 Å². The molecule has 0 aromatic carbocycles. The minimum Gasteiger partial charge on any atom is -0.481 e. The second-order valence-corrected chi connectivity index (χ2v) is 2.76. The van der Waals surface area contributed by atoms with Crippen LogP contribution < -0.4 is 5.73 Å². The molecular weight excluding hydrogens is 168 g/mol. The maximum Gasteiger partial charge on any atom is 0.303 e. The fraction of sp³-hybridized carbons (Fsp3) is 0.333. The largest absolute Gasteiger partial charge is 0.481 e. The van der Waals surface area contributed by atoms with Crippen LogP contribution in [0.2, 0.25) is 0 Å². The van der Waals surface area contributed by atoms with Crippen molar-refractivity contribution in [2.24, 2.45) is 5.73 Å². The van der Waals surface area contributed by atoms with Gasteiger partial charge in [-0.1, -0.05) is 6.07 Å². The van der Waals surface area contributed by atoms with Crippen molar-refractivity contribution in [3.63, 3.8) is 0 Å². The van der Waals surface area contributed by atoms with Crippen LogP contribution in [0.3, 0.4) is 0 Å². The molecule has 3 N–H and O–H groups in total. The highest BCUT2D eigenvalue weighted by Gasteiger charge is 1.99. The summed E-state index contributed by atoms with van der Waals surface area (Å²) in [7, 11) is 0. The Labute approximate surface area is 76.4 Å². The molecule has 1 heterocycles. The molecule has 0 aliphatic rings. The van der Waals surface area contributed by atoms with Crippen molar-refractivity contribution in [2.75, 3.05) is 0 Å². The number of aromatic nitrogens is 1. The van der Waals surface area contributed by atoms with E-state index in [1.165, 1.54) is 0 Å². The van der Waals surface area contributed by atoms with Gasteiger partial charge < -0.3 is 10.8 Å². The molecule has 4 heteroatoms. The Kier molecular flexibility index (Phi) is 3.40. The third-order valence-corrected chi connectivity index (χ3v) is 1.72. The van der Waals surface area contributed by atoms with Crippen LogP contribution in [0.4, 0.5) is 0 Å². The third kappa shape index (κ3) is 3.21. The minimum absolute atomic E-state index is 0.120. The minimum atomic E-state index is -0.801. The van der Waals surface area contributed by atoms with Crippen molar-refractivity contribution in [3.8, 4) is 0 Å². The predicted octanol–water partition coefficient (Wildman–Crippen LogP) is 0.557. The van der Waals surface area contributed by atoms with Crippen LogP contribution in [0.15, 0.2) is 18.3 Å². The van der Waals surface area contributed by atoms with Crippen LogP contribution in [-0.4, -0.2) is 16.1 Å². The summed E-state index contributed by atoms with van der Waals surface area (Å²) in [5, 5.41) is 8.43. The van der Waals surface area contributed by atoms with Gasteiger partial charge in [-0.05, 0) is 11.6 Å². The van der Waals surface area contributed by atoms with E-state index in [0.717, 1.165) is 11.3 Å². The van der Waals surface area contributed by atoms with Gasteiger partial charge >= 0.3 is 5.97 Å². The number of carboxylic acids is 1. The summed E-state index contributed by atoms with van der Waals surface area (Å²) in [5.41, 5.74) is 7.14. The summed E-state index contributed by atoms with van der Waals surface area (Å²) < 4.78 is 0. The highest BCUT2D eigenvalue weighted by Crippen LogP contribution is 2.01. The summed E-state index contributed by atoms with van der Waals surface area (Å²) in [6, 6.07) is 3.68. The highest BCUT2D eigenvalue weighted by molar-refractivity contribution is 5.66. The first-order valence-corrected chi connectivity index (χ1v) is 4.08. The Bertz CT molecular complexity index is 282. The van der Waals surface area contributed by atoms with Crippen LogP contribution in [0.5, 0.6) is 0 Å². The molecule has 0 saturated heterocycles. The Morgan fingerprint density at radius 3 is 2.77 bits per heavy atom. The molecule has 0 aliphatic heterocycles. The normalized spacial score (nSPS) is 9.92. The fourth-order valence-electron chi connectivity index (χ4n) is 0.959. The smallest absolute Gasteiger partial charge is 0.303 e. The van der Waals surface area contributed by atoms with Gasteiger partial charge in [-0.25, -0.2) is 0 Å². The summed E-state index contributed by atoms with van der Waals surface area (Å²) in [5.74, 6) is -0.801. The second kappa shape index (κ2) is 4.57. The summed E-state index contributed by atoms with van der Waals surface area (Å²) in [6.45, 7) is 0.464. The maximum atomic E-state index is 10.2. The Morgan fingerprint density at radius 1 is 1.54 bits per heavy atom. The summed E-state index contributed by atoms with van der Waals surface area (Å²) in [4.78, 5) is 14.3. The molecule has 0 radical (unpaired) electrons. The number of carboxylic acid groups (broad SMARTS) is 1. The molecule has 0 saturated carbocycles. The first-order chi connectivity index (χ1) is 6.22. The van der Waals surface area contributed by atoms with Crippen LogP contribution in [0, 0.1) is 0 Å². The zero-order valence-electron chi connectivity index (χ0n) is 7.23. The number of aliphatic carboxylic acids is 1. The number of hydrogen-bond donors (Lipinski definition) is 2. The van der Waals surface area contributed by atoms with E-state index in [2.05, 4.69) is 4.98 Å². The molecule has 0 atom stereocenters. The first-order valence-electron chi connectivity index (χ1n) is 4.08. The van der Waals surface area contributed by atoms with Crippen molar-refractivity contribution in [2.45, 2.75) is 19.4 Å². The molecule has 1 aromatic rings. The molecule has 0 fully saturated rings. The predicted molar refractivity (Wildman–Crippen MR) is 48.1 cm³/mol. The molecule has 4 nitrogen and oxygen atoms in total. The van der Waals surface area contributed by atoms with E-state index >= 15 is 0 Å². The van der Waals surface area contributed by atoms with Gasteiger partial charge in [-0.3, -0.25) is 9.78 Å². The summed E-state index contributed by atoms with van der Waals surface area (Å²) in [6.07, 6.45) is 2.27. The zero-order chi connectivity index (χ0) is 9.68. The lowest BCUT2D eigenvalue weighted by molar-refractivity contribution is -0.136. The van der Waals surface area contributed by atoms with Crippen molar-refractivity contribution in [3.05, 3.63) is 29.6 Å². The second-order valence-electron chi connectivity index (χ2n) is 2.76. The first kappa shape index (κ1) is 9.67. The summed E-state index contributed by atoms with van der Waals surface area (Å²) >= 11 is 0. The van der Waals surface area contributed by atoms with Crippen LogP contribution in [0.25, 0.3) is 0 Å². The zero-order valence-corrected chi connectivity index (χ0v) is 7.23. The number of hydrogen-bond acceptors (Lipinski definition) is 3. The van der Waals surface area contributed by atoms with Crippen molar-refractivity contribution < 1.29 is 9.90 Å². The molecule has 0 bridgehead atoms. The van der Waals surface area contributed by atoms with E-state index in [-0.39, 0.29) is 6.42 Å². The van der Waals surface area contributed by atoms with Crippen LogP contribution in [0.1, 0.15) is 17.7 Å². The maximum absolute atomic E-state index is 10.2. The lowest BCUT2D eigenvalue weighted by Crippen LogP contribution is -2.01. The Morgan fingerprint density at radius 2 is 2.31 bits per heavy atom. The standard InChI is InChI=1S/C9H12N2O2/c10-5-7-1-2-8(11-6-7)3-4-9(12)13/h1-2,6H,3-5,10H2,(H,12,13). The Balaban J connectivity index is 2.54. The highest BCUT2D eigenvalue weighted by atomic mass is 16.4. The number of nitrogens with two attached hydrogens (primary N) is 1. The van der Waals surface area contributed by atoms with E-state index in [4.69, 9.17) is 10.8 Å². The van der Waals surface area contributed by atoms with Crippen molar-refractivity contribution >= 4 is 5.97 Å². The van der Waals surface area contributed by atoms with E-state index in [9.17, 15) is 4.79 Å². The van der Waals surface area contributed by atoms with Gasteiger partial charge in [0.2, 0.25) is 0 Å². The molecule has 70 valence electrons. The monoisotopic (exact) mass is 180 g/mol. The van der Waals surface area contributed by atoms with E-state index < -0.39 is 5.97 Å². The van der Waals surface area contributed by atoms with Gasteiger partial charge in [0.15, 0.2) is 0 Å². The number of carbonyl (C=O) groups is 1.